The highest BCUT2D eigenvalue weighted by Gasteiger charge is 2.38. The lowest BCUT2D eigenvalue weighted by atomic mass is 10.1. The lowest BCUT2D eigenvalue weighted by molar-refractivity contribution is -0.188. The van der Waals surface area contributed by atoms with Crippen LogP contribution in [0.25, 0.3) is 11.4 Å². The third-order valence-corrected chi connectivity index (χ3v) is 3.85. The highest BCUT2D eigenvalue weighted by Crippen LogP contribution is 2.30. The average molecular weight is 387 g/mol. The summed E-state index contributed by atoms with van der Waals surface area (Å²) < 4.78 is 46.8. The van der Waals surface area contributed by atoms with Gasteiger partial charge in [-0.2, -0.15) is 18.2 Å². The smallest absolute Gasteiger partial charge is 0.385 e. The SMILES string of the molecule is COCCCC(=O)N(OC)C(C)c1ccc(-c2noc(C(F)(F)F)n2)cc1. The van der Waals surface area contributed by atoms with E-state index in [1.165, 1.54) is 12.2 Å². The maximum absolute atomic E-state index is 12.5. The minimum Gasteiger partial charge on any atom is -0.385 e. The van der Waals surface area contributed by atoms with Crippen LogP contribution in [0.2, 0.25) is 0 Å². The van der Waals surface area contributed by atoms with Gasteiger partial charge in [0.15, 0.2) is 0 Å². The van der Waals surface area contributed by atoms with E-state index in [9.17, 15) is 18.0 Å². The van der Waals surface area contributed by atoms with Gasteiger partial charge in [-0.1, -0.05) is 29.4 Å². The molecule has 2 rings (SSSR count). The number of alkyl halides is 3. The van der Waals surface area contributed by atoms with Crippen LogP contribution in [0.4, 0.5) is 13.2 Å². The highest BCUT2D eigenvalue weighted by atomic mass is 19.4. The van der Waals surface area contributed by atoms with Crippen molar-refractivity contribution in [1.29, 1.82) is 0 Å². The number of ether oxygens (including phenoxy) is 1. The number of carbonyl (C=O) groups is 1. The van der Waals surface area contributed by atoms with E-state index in [2.05, 4.69) is 14.7 Å². The summed E-state index contributed by atoms with van der Waals surface area (Å²) in [7, 11) is 2.96. The predicted molar refractivity (Wildman–Crippen MR) is 88.1 cm³/mol. The fraction of sp³-hybridized carbons (Fsp3) is 0.471. The molecule has 0 saturated carbocycles. The number of aromatic nitrogens is 2. The number of hydroxylamine groups is 2. The molecule has 1 amide bonds. The molecule has 7 nitrogen and oxygen atoms in total. The maximum atomic E-state index is 12.5. The number of nitrogens with zero attached hydrogens (tertiary/aromatic N) is 3. The molecule has 2 aromatic rings. The summed E-state index contributed by atoms with van der Waals surface area (Å²) in [4.78, 5) is 20.8. The molecule has 0 radical (unpaired) electrons. The first-order chi connectivity index (χ1) is 12.8. The van der Waals surface area contributed by atoms with E-state index >= 15 is 0 Å². The number of hydrogen-bond donors (Lipinski definition) is 0. The number of hydrogen-bond acceptors (Lipinski definition) is 6. The Morgan fingerprint density at radius 1 is 1.26 bits per heavy atom. The van der Waals surface area contributed by atoms with E-state index in [-0.39, 0.29) is 18.2 Å². The molecule has 0 bridgehead atoms. The molecule has 27 heavy (non-hydrogen) atoms. The van der Waals surface area contributed by atoms with E-state index in [4.69, 9.17) is 9.57 Å². The Hall–Kier alpha value is -2.46. The third kappa shape index (κ3) is 5.27. The van der Waals surface area contributed by atoms with Gasteiger partial charge in [-0.15, -0.1) is 0 Å². The highest BCUT2D eigenvalue weighted by molar-refractivity contribution is 5.75. The van der Waals surface area contributed by atoms with Gasteiger partial charge in [-0.05, 0) is 18.9 Å². The number of methoxy groups -OCH3 is 1. The Kier molecular flexibility index (Phi) is 6.92. The van der Waals surface area contributed by atoms with Crippen LogP contribution in [0.15, 0.2) is 28.8 Å². The minimum atomic E-state index is -4.69. The molecule has 10 heteroatoms. The average Bonchev–Trinajstić information content (AvgIpc) is 3.13. The maximum Gasteiger partial charge on any atom is 0.471 e. The Labute approximate surface area is 154 Å². The van der Waals surface area contributed by atoms with Gasteiger partial charge in [0.05, 0.1) is 13.2 Å². The summed E-state index contributed by atoms with van der Waals surface area (Å²) in [6, 6.07) is 6.05. The van der Waals surface area contributed by atoms with Crippen LogP contribution in [0, 0.1) is 0 Å². The largest absolute Gasteiger partial charge is 0.471 e. The molecule has 0 aliphatic carbocycles. The van der Waals surface area contributed by atoms with E-state index < -0.39 is 18.1 Å². The predicted octanol–water partition coefficient (Wildman–Crippen LogP) is 3.63. The molecular weight excluding hydrogens is 367 g/mol. The molecule has 1 aromatic heterocycles. The van der Waals surface area contributed by atoms with E-state index in [0.29, 0.717) is 18.6 Å². The first-order valence-corrected chi connectivity index (χ1v) is 8.14. The minimum absolute atomic E-state index is 0.166. The third-order valence-electron chi connectivity index (χ3n) is 3.85. The van der Waals surface area contributed by atoms with Crippen molar-refractivity contribution in [2.45, 2.75) is 32.0 Å². The molecule has 0 saturated heterocycles. The Morgan fingerprint density at radius 3 is 2.44 bits per heavy atom. The van der Waals surface area contributed by atoms with Gasteiger partial charge in [-0.25, -0.2) is 5.06 Å². The summed E-state index contributed by atoms with van der Waals surface area (Å²) in [6.07, 6.45) is -3.85. The summed E-state index contributed by atoms with van der Waals surface area (Å²) >= 11 is 0. The molecule has 0 aliphatic rings. The van der Waals surface area contributed by atoms with Crippen LogP contribution < -0.4 is 0 Å². The van der Waals surface area contributed by atoms with Crippen molar-refractivity contribution >= 4 is 5.91 Å². The second kappa shape index (κ2) is 8.96. The summed E-state index contributed by atoms with van der Waals surface area (Å²) in [5, 5.41) is 4.59. The second-order valence-electron chi connectivity index (χ2n) is 5.72. The van der Waals surface area contributed by atoms with Gasteiger partial charge in [0.1, 0.15) is 0 Å². The molecular formula is C17H20F3N3O4. The number of amides is 1. The van der Waals surface area contributed by atoms with E-state index in [0.717, 1.165) is 5.56 Å². The number of benzene rings is 1. The van der Waals surface area contributed by atoms with Crippen molar-refractivity contribution in [3.05, 3.63) is 35.7 Å². The summed E-state index contributed by atoms with van der Waals surface area (Å²) in [6.45, 7) is 2.25. The molecule has 1 atom stereocenters. The topological polar surface area (TPSA) is 77.7 Å². The lowest BCUT2D eigenvalue weighted by Gasteiger charge is -2.27. The number of rotatable bonds is 8. The summed E-state index contributed by atoms with van der Waals surface area (Å²) in [5.41, 5.74) is 1.10. The molecule has 148 valence electrons. The summed E-state index contributed by atoms with van der Waals surface area (Å²) in [5.74, 6) is -1.76. The van der Waals surface area contributed by atoms with Crippen molar-refractivity contribution in [1.82, 2.24) is 15.2 Å². The van der Waals surface area contributed by atoms with Crippen molar-refractivity contribution in [2.75, 3.05) is 20.8 Å². The fourth-order valence-corrected chi connectivity index (χ4v) is 2.46. The Balaban J connectivity index is 2.11. The van der Waals surface area contributed by atoms with Crippen molar-refractivity contribution < 1.29 is 32.1 Å². The first-order valence-electron chi connectivity index (χ1n) is 8.14. The first kappa shape index (κ1) is 20.8. The van der Waals surface area contributed by atoms with Gasteiger partial charge < -0.3 is 9.26 Å². The molecule has 1 heterocycles. The Bertz CT molecular complexity index is 747. The van der Waals surface area contributed by atoms with Gasteiger partial charge in [0.25, 0.3) is 0 Å². The van der Waals surface area contributed by atoms with Crippen LogP contribution in [-0.4, -0.2) is 41.9 Å². The standard InChI is InChI=1S/C17H20F3N3O4/c1-11(23(26-3)14(24)5-4-10-25-2)12-6-8-13(9-7-12)15-21-16(27-22-15)17(18,19)20/h6-9,11H,4-5,10H2,1-3H3. The Morgan fingerprint density at radius 2 is 1.93 bits per heavy atom. The second-order valence-corrected chi connectivity index (χ2v) is 5.72. The quantitative estimate of drug-likeness (QED) is 0.508. The van der Waals surface area contributed by atoms with E-state index in [1.807, 2.05) is 0 Å². The molecule has 0 N–H and O–H groups in total. The normalized spacial score (nSPS) is 12.8. The van der Waals surface area contributed by atoms with Gasteiger partial charge in [0, 0.05) is 25.7 Å². The van der Waals surface area contributed by atoms with Crippen LogP contribution in [0.3, 0.4) is 0 Å². The van der Waals surface area contributed by atoms with Gasteiger partial charge >= 0.3 is 12.1 Å². The van der Waals surface area contributed by atoms with Crippen LogP contribution in [0.1, 0.15) is 37.3 Å². The molecule has 1 aromatic carbocycles. The lowest BCUT2D eigenvalue weighted by Crippen LogP contribution is -2.32. The van der Waals surface area contributed by atoms with Gasteiger partial charge in [0.2, 0.25) is 11.7 Å². The van der Waals surface area contributed by atoms with Gasteiger partial charge in [-0.3, -0.25) is 9.63 Å². The molecule has 0 fully saturated rings. The number of halogens is 3. The zero-order chi connectivity index (χ0) is 20.0. The molecule has 0 spiro atoms. The number of carbonyl (C=O) groups excluding carboxylic acids is 1. The van der Waals surface area contributed by atoms with Crippen molar-refractivity contribution in [3.63, 3.8) is 0 Å². The monoisotopic (exact) mass is 387 g/mol. The molecule has 1 unspecified atom stereocenters. The zero-order valence-electron chi connectivity index (χ0n) is 15.1. The van der Waals surface area contributed by atoms with Crippen molar-refractivity contribution in [3.8, 4) is 11.4 Å². The van der Waals surface area contributed by atoms with Crippen LogP contribution in [-0.2, 0) is 20.5 Å². The fourth-order valence-electron chi connectivity index (χ4n) is 2.46. The molecule has 0 aliphatic heterocycles. The van der Waals surface area contributed by atoms with Crippen molar-refractivity contribution in [2.24, 2.45) is 0 Å². The van der Waals surface area contributed by atoms with Crippen LogP contribution >= 0.6 is 0 Å². The zero-order valence-corrected chi connectivity index (χ0v) is 15.1. The van der Waals surface area contributed by atoms with Crippen LogP contribution in [0.5, 0.6) is 0 Å². The van der Waals surface area contributed by atoms with E-state index in [1.54, 1.807) is 38.3 Å².